The number of likely N-dealkylation sites (N-methyl/N-ethyl adjacent to an activating group) is 1. The van der Waals surface area contributed by atoms with Crippen molar-refractivity contribution in [1.82, 2.24) is 52.8 Å². The molecule has 0 aliphatic carbocycles. The van der Waals surface area contributed by atoms with Crippen LogP contribution in [0, 0.1) is 5.92 Å². The number of aromatic hydroxyl groups is 3. The van der Waals surface area contributed by atoms with E-state index in [2.05, 4.69) is 47.9 Å². The van der Waals surface area contributed by atoms with Crippen molar-refractivity contribution in [2.24, 2.45) is 17.4 Å². The smallest absolute Gasteiger partial charge is 0.248 e. The van der Waals surface area contributed by atoms with Gasteiger partial charge in [0.05, 0.1) is 53.5 Å². The Bertz CT molecular complexity index is 5330. The Labute approximate surface area is 758 Å². The second-order valence-electron chi connectivity index (χ2n) is 34.7. The molecule has 0 radical (unpaired) electrons. The van der Waals surface area contributed by atoms with Crippen LogP contribution >= 0.6 is 23.2 Å². The molecular formula is C91H110Cl2N12O25. The summed E-state index contributed by atoms with van der Waals surface area (Å²) in [6, 6.07) is 18.3. The summed E-state index contributed by atoms with van der Waals surface area (Å²) >= 11 is 14.8. The molecule has 8 heterocycles. The van der Waals surface area contributed by atoms with Gasteiger partial charge in [0.25, 0.3) is 0 Å². The topological polar surface area (TPSA) is 556 Å². The van der Waals surface area contributed by atoms with Crippen molar-refractivity contribution in [2.75, 3.05) is 40.8 Å². The first-order chi connectivity index (χ1) is 61.7. The maximum absolute atomic E-state index is 16.7. The van der Waals surface area contributed by atoms with Crippen LogP contribution in [0.3, 0.4) is 0 Å². The first kappa shape index (κ1) is 96.6. The molecule has 0 spiro atoms. The van der Waals surface area contributed by atoms with Gasteiger partial charge in [0.2, 0.25) is 59.3 Å². The summed E-state index contributed by atoms with van der Waals surface area (Å²) in [5, 5.41) is 131. The molecule has 130 heavy (non-hydrogen) atoms. The van der Waals surface area contributed by atoms with Crippen LogP contribution in [-0.4, -0.2) is 242 Å². The Morgan fingerprint density at radius 3 is 1.90 bits per heavy atom. The minimum atomic E-state index is -2.38. The van der Waals surface area contributed by atoms with Gasteiger partial charge in [-0.3, -0.25) is 38.4 Å². The number of phenols is 3. The van der Waals surface area contributed by atoms with Gasteiger partial charge in [-0.25, -0.2) is 0 Å². The summed E-state index contributed by atoms with van der Waals surface area (Å²) in [7, 11) is 5.09. The predicted molar refractivity (Wildman–Crippen MR) is 469 cm³/mol. The first-order valence-corrected chi connectivity index (χ1v) is 43.3. The van der Waals surface area contributed by atoms with Crippen molar-refractivity contribution in [1.29, 1.82) is 0 Å². The van der Waals surface area contributed by atoms with Gasteiger partial charge in [-0.15, -0.1) is 0 Å². The number of carbonyl (C=O) groups is 8. The third kappa shape index (κ3) is 21.8. The van der Waals surface area contributed by atoms with Crippen molar-refractivity contribution in [3.05, 3.63) is 177 Å². The third-order valence-corrected chi connectivity index (χ3v) is 24.5. The van der Waals surface area contributed by atoms with Crippen LogP contribution in [0.2, 0.25) is 10.0 Å². The van der Waals surface area contributed by atoms with E-state index in [1.165, 1.54) is 51.2 Å². The number of aliphatic hydroxyl groups is 6. The second kappa shape index (κ2) is 40.8. The Kier molecular flexibility index (Phi) is 30.4. The van der Waals surface area contributed by atoms with E-state index in [0.29, 0.717) is 13.0 Å². The van der Waals surface area contributed by atoms with E-state index in [4.69, 9.17) is 72.6 Å². The fraction of sp³-hybridized carbons (Fsp3) is 0.451. The Morgan fingerprint density at radius 1 is 0.654 bits per heavy atom. The van der Waals surface area contributed by atoms with Gasteiger partial charge >= 0.3 is 0 Å². The van der Waals surface area contributed by atoms with Gasteiger partial charge in [-0.2, -0.15) is 0 Å². The predicted octanol–water partition coefficient (Wildman–Crippen LogP) is 3.83. The standard InChI is InChI=1S/C91H110Cl2N12O25/c1-41(2)28-56(96-7)82(116)103-72-74(111)48-21-24-60(54(92)30-48)125-62-32-50-33-63(78(62)130-89-79(76(113)75(112)64(40-106)127-89)129-67-38-91(6,81(115)43(4)124-67)98-39-44-16-18-46(19-17-44)45-14-11-10-12-15-45)126-61-25-22-49(31-55(61)93)77(128-66-37-90(5,95)80(114)42(3)123-66)73-88(122)102-71(84(118)97-26-13-27-105(8)9)53-34-51(107)35-59(109)68(53)52-29-47(20-23-58(52)108)69(85(119)104-73)101-86(120)70(50)100-83(117)57(36-65(94)110)99-87(72)121/h10-12,14-25,29-35,41-43,56-57,64,66-67,69-77,79-81,89,96,98,106-109,111-115H,13,26-28,36-40,95H2,1-9H3,(H2,94,110)(H,97,118)(H,99,121)(H,100,117)(H,101,120)(H,102,122)(H,103,116)(H,104,119)/t42-,43-,56+,57-,64+,66-,67-,69+,70+,71-,72+,73-,74+,75+,76-,77+,79+,80-,81+,89-,90-,91-/m0/s1. The summed E-state index contributed by atoms with van der Waals surface area (Å²) in [4.78, 5) is 125. The number of nitrogens with two attached hydrogens (primary N) is 2. The van der Waals surface area contributed by atoms with Crippen LogP contribution in [-0.2, 0) is 68.6 Å². The summed E-state index contributed by atoms with van der Waals surface area (Å²) < 4.78 is 53.4. The minimum absolute atomic E-state index is 0.0186. The molecule has 0 unspecified atom stereocenters. The zero-order valence-corrected chi connectivity index (χ0v) is 74.1. The molecule has 7 aromatic carbocycles. The van der Waals surface area contributed by atoms with Gasteiger partial charge in [0.1, 0.15) is 95.5 Å². The van der Waals surface area contributed by atoms with Gasteiger partial charge in [-0.05, 0) is 173 Å². The summed E-state index contributed by atoms with van der Waals surface area (Å²) in [5.41, 5.74) is 10.5. The SMILES string of the molecule is CN[C@H](CC(C)C)C(=O)N[C@H]1C(=O)N[C@@H](CC(N)=O)C(=O)N[C@H]2C(=O)N[C@H]3C(=O)N[C@H](C(=O)N[C@H](C(=O)NCCCN(C)C)c4cc(O)cc(O)c4-c4cc3ccc4O)[C@H](O[C@H]3C[C@](C)(N)[C@@H](O)[C@H](C)O3)c3ccc(c(Cl)c3)Oc3cc2cc(c3O[C@@H]2O[C@H](CO)[C@@H](O)[C@H](O)[C@H]2O[C@H]2C[C@](C)(NCc3ccc(-c4ccccc4)cc3)[C@H](O)[C@H](C)O2)Oc2ccc(cc2Cl)[C@H]1O. The number of phenolic OH excluding ortho intramolecular Hbond substituents is 3. The minimum Gasteiger partial charge on any atom is -0.508 e. The Hall–Kier alpha value is -10.9. The summed E-state index contributed by atoms with van der Waals surface area (Å²) in [5.74, 6) is -14.6. The second-order valence-corrected chi connectivity index (χ2v) is 35.5. The first-order valence-electron chi connectivity index (χ1n) is 42.6. The number of rotatable bonds is 23. The number of carbonyl (C=O) groups excluding carboxylic acids is 8. The van der Waals surface area contributed by atoms with Crippen LogP contribution < -0.4 is 73.5 Å². The van der Waals surface area contributed by atoms with Crippen LogP contribution in [0.25, 0.3) is 22.3 Å². The number of benzene rings is 7. The van der Waals surface area contributed by atoms with Crippen molar-refractivity contribution < 1.29 is 122 Å². The largest absolute Gasteiger partial charge is 0.508 e. The highest BCUT2D eigenvalue weighted by Crippen LogP contribution is 2.51. The Balaban J connectivity index is 1.02. The van der Waals surface area contributed by atoms with E-state index in [-0.39, 0.29) is 82.6 Å². The molecule has 3 fully saturated rings. The van der Waals surface area contributed by atoms with Crippen molar-refractivity contribution in [2.45, 2.75) is 213 Å². The molecule has 3 saturated heterocycles. The van der Waals surface area contributed by atoms with Gasteiger partial charge in [-0.1, -0.05) is 110 Å². The van der Waals surface area contributed by atoms with Crippen LogP contribution in [0.15, 0.2) is 133 Å². The lowest BCUT2D eigenvalue weighted by atomic mass is 9.84. The molecule has 8 aliphatic rings. The molecule has 39 heteroatoms. The van der Waals surface area contributed by atoms with E-state index in [9.17, 15) is 55.5 Å². The number of aliphatic hydroxyl groups excluding tert-OH is 6. The monoisotopic (exact) mass is 1840 g/mol. The highest BCUT2D eigenvalue weighted by molar-refractivity contribution is 6.32. The molecule has 8 amide bonds. The molecule has 698 valence electrons. The van der Waals surface area contributed by atoms with Crippen LogP contribution in [0.5, 0.6) is 46.0 Å². The number of amides is 8. The van der Waals surface area contributed by atoms with Crippen molar-refractivity contribution in [3.8, 4) is 68.2 Å². The summed E-state index contributed by atoms with van der Waals surface area (Å²) in [6.45, 7) is 9.67. The highest BCUT2D eigenvalue weighted by Gasteiger charge is 2.53. The average molecular weight is 1840 g/mol. The molecular weight excluding hydrogens is 1730 g/mol. The molecule has 22 atom stereocenters. The summed E-state index contributed by atoms with van der Waals surface area (Å²) in [6.07, 6.45) is -22.3. The normalized spacial score (nSPS) is 29.1. The van der Waals surface area contributed by atoms with E-state index in [1.807, 2.05) is 73.3 Å². The molecule has 22 N–H and O–H groups in total. The number of ether oxygens (including phenoxy) is 8. The zero-order chi connectivity index (χ0) is 93.8. The number of fused-ring (bicyclic) bond motifs is 15. The fourth-order valence-corrected chi connectivity index (χ4v) is 17.3. The number of nitrogens with zero attached hydrogens (tertiary/aromatic N) is 1. The van der Waals surface area contributed by atoms with E-state index in [0.717, 1.165) is 65.2 Å². The van der Waals surface area contributed by atoms with E-state index in [1.54, 1.807) is 27.9 Å². The fourth-order valence-electron chi connectivity index (χ4n) is 16.9. The molecule has 15 rings (SSSR count). The molecule has 7 aromatic rings. The molecule has 37 nitrogen and oxygen atoms in total. The van der Waals surface area contributed by atoms with E-state index >= 15 is 28.8 Å². The highest BCUT2D eigenvalue weighted by atomic mass is 35.5. The van der Waals surface area contributed by atoms with Gasteiger partial charge < -0.3 is 148 Å². The van der Waals surface area contributed by atoms with Crippen molar-refractivity contribution in [3.63, 3.8) is 0 Å². The molecule has 11 bridgehead atoms. The maximum Gasteiger partial charge on any atom is 0.248 e. The van der Waals surface area contributed by atoms with Crippen LogP contribution in [0.1, 0.15) is 137 Å². The number of halogens is 2. The zero-order valence-electron chi connectivity index (χ0n) is 72.6. The quantitative estimate of drug-likeness (QED) is 0.0405. The van der Waals surface area contributed by atoms with Crippen molar-refractivity contribution >= 4 is 70.5 Å². The third-order valence-electron chi connectivity index (χ3n) is 24.0. The number of hydrogen-bond acceptors (Lipinski definition) is 29. The maximum atomic E-state index is 16.7. The van der Waals surface area contributed by atoms with Crippen LogP contribution in [0.4, 0.5) is 0 Å². The number of hydrogen-bond donors (Lipinski definition) is 20. The van der Waals surface area contributed by atoms with Gasteiger partial charge in [0.15, 0.2) is 30.2 Å². The lowest BCUT2D eigenvalue weighted by molar-refractivity contribution is -0.334. The molecule has 8 aliphatic heterocycles. The Morgan fingerprint density at radius 2 is 1.27 bits per heavy atom. The lowest BCUT2D eigenvalue weighted by Crippen LogP contribution is -2.65. The number of nitrogens with one attached hydrogen (secondary N) is 9. The molecule has 0 aromatic heterocycles. The number of primary amides is 1. The van der Waals surface area contributed by atoms with E-state index < -0.39 is 244 Å². The molecule has 0 saturated carbocycles. The average Bonchev–Trinajstić information content (AvgIpc) is 0.738. The lowest BCUT2D eigenvalue weighted by Gasteiger charge is -2.48. The van der Waals surface area contributed by atoms with Gasteiger partial charge in [0, 0.05) is 54.2 Å².